The van der Waals surface area contributed by atoms with Crippen molar-refractivity contribution in [2.24, 2.45) is 4.99 Å². The number of aromatic nitrogens is 1. The molecular formula is C25H22N2O5S2. The second-order valence-electron chi connectivity index (χ2n) is 7.69. The third kappa shape index (κ3) is 3.95. The number of carbonyl (C=O) groups is 1. The highest BCUT2D eigenvalue weighted by Gasteiger charge is 2.33. The van der Waals surface area contributed by atoms with Crippen molar-refractivity contribution in [3.63, 3.8) is 0 Å². The topological polar surface area (TPSA) is 79.1 Å². The van der Waals surface area contributed by atoms with Crippen molar-refractivity contribution in [2.45, 2.75) is 24.8 Å². The van der Waals surface area contributed by atoms with Crippen molar-refractivity contribution in [2.75, 3.05) is 19.7 Å². The van der Waals surface area contributed by atoms with E-state index in [-0.39, 0.29) is 19.0 Å². The average molecular weight is 495 g/mol. The number of fused-ring (bicyclic) bond motifs is 2. The minimum atomic E-state index is -0.620. The Kier molecular flexibility index (Phi) is 6.05. The lowest BCUT2D eigenvalue weighted by Gasteiger charge is -2.24. The second kappa shape index (κ2) is 9.15. The first-order chi connectivity index (χ1) is 16.5. The van der Waals surface area contributed by atoms with Crippen LogP contribution in [0, 0.1) is 0 Å². The molecule has 9 heteroatoms. The maximum atomic E-state index is 13.6. The molecule has 0 aliphatic carbocycles. The van der Waals surface area contributed by atoms with Crippen LogP contribution in [-0.4, -0.2) is 30.2 Å². The number of esters is 1. The van der Waals surface area contributed by atoms with Crippen LogP contribution in [0.1, 0.15) is 31.0 Å². The molecule has 0 N–H and O–H groups in total. The molecule has 0 saturated heterocycles. The number of hydrogen-bond donors (Lipinski definition) is 0. The zero-order valence-electron chi connectivity index (χ0n) is 18.9. The molecule has 34 heavy (non-hydrogen) atoms. The molecule has 3 aromatic rings. The summed E-state index contributed by atoms with van der Waals surface area (Å²) >= 11 is 2.92. The predicted molar refractivity (Wildman–Crippen MR) is 131 cm³/mol. The molecule has 2 aliphatic rings. The van der Waals surface area contributed by atoms with E-state index in [1.807, 2.05) is 54.8 Å². The summed E-state index contributed by atoms with van der Waals surface area (Å²) < 4.78 is 18.3. The molecule has 0 amide bonds. The van der Waals surface area contributed by atoms with Crippen LogP contribution < -0.4 is 24.4 Å². The molecule has 2 aromatic carbocycles. The lowest BCUT2D eigenvalue weighted by molar-refractivity contribution is -0.139. The third-order valence-electron chi connectivity index (χ3n) is 5.64. The summed E-state index contributed by atoms with van der Waals surface area (Å²) in [6.45, 7) is 3.97. The van der Waals surface area contributed by atoms with Gasteiger partial charge in [-0.05, 0) is 61.6 Å². The number of allylic oxidation sites excluding steroid dienone is 1. The van der Waals surface area contributed by atoms with Crippen molar-refractivity contribution < 1.29 is 19.0 Å². The maximum Gasteiger partial charge on any atom is 0.338 e. The normalized spacial score (nSPS) is 16.9. The van der Waals surface area contributed by atoms with Crippen LogP contribution in [0.5, 0.6) is 11.5 Å². The first kappa shape index (κ1) is 22.5. The monoisotopic (exact) mass is 494 g/mol. The molecule has 0 radical (unpaired) electrons. The molecule has 0 spiro atoms. The Morgan fingerprint density at radius 2 is 2.00 bits per heavy atom. The van der Waals surface area contributed by atoms with Crippen LogP contribution in [0.15, 0.2) is 68.4 Å². The van der Waals surface area contributed by atoms with E-state index < -0.39 is 12.0 Å². The van der Waals surface area contributed by atoms with Gasteiger partial charge in [0.1, 0.15) is 0 Å². The fourth-order valence-corrected chi connectivity index (χ4v) is 5.50. The number of thioether (sulfide) groups is 1. The quantitative estimate of drug-likeness (QED) is 0.400. The Balaban J connectivity index is 1.68. The van der Waals surface area contributed by atoms with E-state index >= 15 is 0 Å². The van der Waals surface area contributed by atoms with E-state index in [0.717, 1.165) is 16.0 Å². The standard InChI is InChI=1S/C25H22N2O5S2/c1-4-30-24(29)21-14(2)26-25-27(22(21)16-6-8-17(33-3)9-7-16)23(28)20(34-25)12-15-5-10-18-19(11-15)32-13-31-18/h5-12,22H,4,13H2,1-3H3/b20-12-. The summed E-state index contributed by atoms with van der Waals surface area (Å²) in [6.07, 6.45) is 3.81. The predicted octanol–water partition coefficient (Wildman–Crippen LogP) is 3.25. The lowest BCUT2D eigenvalue weighted by Crippen LogP contribution is -2.39. The van der Waals surface area contributed by atoms with Gasteiger partial charge in [0.2, 0.25) is 6.79 Å². The first-order valence-electron chi connectivity index (χ1n) is 10.7. The summed E-state index contributed by atoms with van der Waals surface area (Å²) in [4.78, 5) is 32.8. The van der Waals surface area contributed by atoms with E-state index in [4.69, 9.17) is 14.2 Å². The maximum absolute atomic E-state index is 13.6. The molecule has 174 valence electrons. The van der Waals surface area contributed by atoms with Crippen LogP contribution in [0.25, 0.3) is 6.08 Å². The van der Waals surface area contributed by atoms with Crippen LogP contribution in [0.3, 0.4) is 0 Å². The summed E-state index contributed by atoms with van der Waals surface area (Å²) in [7, 11) is 0. The zero-order valence-corrected chi connectivity index (χ0v) is 20.5. The largest absolute Gasteiger partial charge is 0.463 e. The van der Waals surface area contributed by atoms with Crippen molar-refractivity contribution in [1.82, 2.24) is 4.57 Å². The summed E-state index contributed by atoms with van der Waals surface area (Å²) in [5.74, 6) is 0.864. The lowest BCUT2D eigenvalue weighted by atomic mass is 9.96. The summed E-state index contributed by atoms with van der Waals surface area (Å²) in [5, 5.41) is 0. The Morgan fingerprint density at radius 3 is 2.74 bits per heavy atom. The Labute approximate surface area is 204 Å². The highest BCUT2D eigenvalue weighted by molar-refractivity contribution is 7.98. The molecule has 2 aliphatic heterocycles. The van der Waals surface area contributed by atoms with E-state index in [1.165, 1.54) is 11.3 Å². The van der Waals surface area contributed by atoms with Gasteiger partial charge in [-0.25, -0.2) is 9.79 Å². The van der Waals surface area contributed by atoms with Gasteiger partial charge < -0.3 is 14.2 Å². The summed E-state index contributed by atoms with van der Waals surface area (Å²) in [5.41, 5.74) is 2.35. The second-order valence-corrected chi connectivity index (χ2v) is 9.58. The number of benzene rings is 2. The minimum Gasteiger partial charge on any atom is -0.463 e. The number of hydrogen-bond acceptors (Lipinski definition) is 8. The summed E-state index contributed by atoms with van der Waals surface area (Å²) in [6, 6.07) is 12.8. The van der Waals surface area contributed by atoms with Gasteiger partial charge >= 0.3 is 5.97 Å². The molecule has 7 nitrogen and oxygen atoms in total. The number of ether oxygens (including phenoxy) is 3. The first-order valence-corrected chi connectivity index (χ1v) is 12.8. The van der Waals surface area contributed by atoms with Gasteiger partial charge in [0.25, 0.3) is 5.56 Å². The Morgan fingerprint density at radius 1 is 1.24 bits per heavy atom. The third-order valence-corrected chi connectivity index (χ3v) is 7.37. The van der Waals surface area contributed by atoms with Crippen molar-refractivity contribution in [3.05, 3.63) is 84.5 Å². The molecule has 0 bridgehead atoms. The van der Waals surface area contributed by atoms with Crippen LogP contribution in [0.2, 0.25) is 0 Å². The fraction of sp³-hybridized carbons (Fsp3) is 0.240. The van der Waals surface area contributed by atoms with Gasteiger partial charge in [-0.2, -0.15) is 0 Å². The smallest absolute Gasteiger partial charge is 0.338 e. The van der Waals surface area contributed by atoms with Crippen LogP contribution in [-0.2, 0) is 9.53 Å². The Hall–Kier alpha value is -3.30. The molecule has 1 atom stereocenters. The zero-order chi connectivity index (χ0) is 23.8. The molecule has 0 saturated carbocycles. The number of carbonyl (C=O) groups excluding carboxylic acids is 1. The van der Waals surface area contributed by atoms with Crippen molar-refractivity contribution in [3.8, 4) is 11.5 Å². The number of nitrogens with zero attached hydrogens (tertiary/aromatic N) is 2. The van der Waals surface area contributed by atoms with E-state index in [1.54, 1.807) is 30.2 Å². The minimum absolute atomic E-state index is 0.187. The van der Waals surface area contributed by atoms with E-state index in [9.17, 15) is 9.59 Å². The Bertz CT molecular complexity index is 1480. The molecule has 1 aromatic heterocycles. The van der Waals surface area contributed by atoms with Crippen LogP contribution >= 0.6 is 23.1 Å². The number of rotatable bonds is 5. The van der Waals surface area contributed by atoms with Gasteiger partial charge in [-0.15, -0.1) is 11.8 Å². The molecule has 3 heterocycles. The van der Waals surface area contributed by atoms with Crippen molar-refractivity contribution >= 4 is 35.1 Å². The van der Waals surface area contributed by atoms with Crippen LogP contribution in [0.4, 0.5) is 0 Å². The van der Waals surface area contributed by atoms with Gasteiger partial charge in [-0.1, -0.05) is 29.5 Å². The van der Waals surface area contributed by atoms with Gasteiger partial charge in [-0.3, -0.25) is 9.36 Å². The van der Waals surface area contributed by atoms with E-state index in [2.05, 4.69) is 4.99 Å². The van der Waals surface area contributed by atoms with Gasteiger partial charge in [0, 0.05) is 4.90 Å². The average Bonchev–Trinajstić information content (AvgIpc) is 3.42. The highest BCUT2D eigenvalue weighted by atomic mass is 32.2. The number of thiazole rings is 1. The van der Waals surface area contributed by atoms with E-state index in [0.29, 0.717) is 32.1 Å². The van der Waals surface area contributed by atoms with Crippen molar-refractivity contribution in [1.29, 1.82) is 0 Å². The fourth-order valence-electron chi connectivity index (χ4n) is 4.05. The molecular weight excluding hydrogens is 472 g/mol. The van der Waals surface area contributed by atoms with Gasteiger partial charge in [0.05, 0.1) is 28.5 Å². The highest BCUT2D eigenvalue weighted by Crippen LogP contribution is 2.33. The SMILES string of the molecule is CCOC(=O)C1=C(C)N=c2s/c(=C\c3ccc4c(c3)OCO4)c(=O)n2C1c1ccc(SC)cc1. The molecule has 0 fully saturated rings. The molecule has 1 unspecified atom stereocenters. The van der Waals surface area contributed by atoms with Gasteiger partial charge in [0.15, 0.2) is 16.3 Å². The molecule has 5 rings (SSSR count).